The van der Waals surface area contributed by atoms with Crippen molar-refractivity contribution in [3.05, 3.63) is 0 Å². The third-order valence-electron chi connectivity index (χ3n) is 6.29. The second-order valence-corrected chi connectivity index (χ2v) is 19.4. The Morgan fingerprint density at radius 1 is 1.09 bits per heavy atom. The molecule has 2 atom stereocenters. The molecule has 1 rings (SSSR count). The minimum atomic E-state index is -2.23. The summed E-state index contributed by atoms with van der Waals surface area (Å²) in [4.78, 5) is 22.8. The highest BCUT2D eigenvalue weighted by molar-refractivity contribution is 6.74. The molecule has 0 radical (unpaired) electrons. The molecule has 0 bridgehead atoms. The topological polar surface area (TPSA) is 46.5 Å². The predicted molar refractivity (Wildman–Crippen MR) is 103 cm³/mol. The van der Waals surface area contributed by atoms with Gasteiger partial charge in [-0.05, 0) is 55.0 Å². The van der Waals surface area contributed by atoms with Gasteiger partial charge in [-0.2, -0.15) is 0 Å². The Labute approximate surface area is 145 Å². The van der Waals surface area contributed by atoms with E-state index in [-0.39, 0.29) is 16.2 Å². The maximum Gasteiger partial charge on any atom is 0.192 e. The lowest BCUT2D eigenvalue weighted by atomic mass is 9.81. The van der Waals surface area contributed by atoms with Crippen molar-refractivity contribution in [2.24, 2.45) is 5.92 Å². The van der Waals surface area contributed by atoms with Gasteiger partial charge in [0.1, 0.15) is 5.78 Å². The second-order valence-electron chi connectivity index (χ2n) is 10.2. The number of carbonyl (C=O) groups is 1. The molecule has 23 heavy (non-hydrogen) atoms. The Hall–Kier alpha value is 0.0238. The number of hydrogen-bond acceptors (Lipinski definition) is 3. The Morgan fingerprint density at radius 2 is 1.61 bits per heavy atom. The quantitative estimate of drug-likeness (QED) is 0.694. The van der Waals surface area contributed by atoms with E-state index < -0.39 is 16.6 Å². The fourth-order valence-corrected chi connectivity index (χ4v) is 5.16. The van der Waals surface area contributed by atoms with Crippen LogP contribution in [0.25, 0.3) is 0 Å². The zero-order valence-corrected chi connectivity index (χ0v) is 18.7. The lowest BCUT2D eigenvalue weighted by Crippen LogP contribution is -2.46. The van der Waals surface area contributed by atoms with E-state index in [0.717, 1.165) is 12.8 Å². The molecule has 0 aromatic rings. The number of ketones is 1. The van der Waals surface area contributed by atoms with Crippen LogP contribution in [0.2, 0.25) is 36.3 Å². The molecule has 0 aromatic heterocycles. The van der Waals surface area contributed by atoms with Gasteiger partial charge in [0.25, 0.3) is 0 Å². The van der Waals surface area contributed by atoms with Gasteiger partial charge in [-0.25, -0.2) is 0 Å². The monoisotopic (exact) mass is 358 g/mol. The highest BCUT2D eigenvalue weighted by atomic mass is 28.4. The van der Waals surface area contributed by atoms with E-state index in [9.17, 15) is 9.59 Å². The summed E-state index contributed by atoms with van der Waals surface area (Å²) in [7, 11) is -4.07. The molecule has 0 aliphatic heterocycles. The molecule has 136 valence electrons. The van der Waals surface area contributed by atoms with Crippen molar-refractivity contribution < 1.29 is 14.0 Å². The smallest absolute Gasteiger partial charge is 0.192 e. The molecule has 0 unspecified atom stereocenters. The molecule has 0 aromatic carbocycles. The Bertz CT molecular complexity index is 393. The van der Waals surface area contributed by atoms with Crippen LogP contribution in [0.1, 0.15) is 60.3 Å². The van der Waals surface area contributed by atoms with E-state index >= 15 is 0 Å². The lowest BCUT2D eigenvalue weighted by molar-refractivity contribution is -0.124. The first-order valence-electron chi connectivity index (χ1n) is 8.97. The minimum absolute atomic E-state index is 0.0708. The molecule has 0 heterocycles. The zero-order valence-electron chi connectivity index (χ0n) is 16.7. The fourth-order valence-electron chi connectivity index (χ4n) is 3.01. The second kappa shape index (κ2) is 6.73. The van der Waals surface area contributed by atoms with Crippen molar-refractivity contribution in [2.75, 3.05) is 0 Å². The van der Waals surface area contributed by atoms with Crippen LogP contribution in [0.5, 0.6) is 0 Å². The van der Waals surface area contributed by atoms with Gasteiger partial charge in [0, 0.05) is 12.8 Å². The molecule has 1 aliphatic rings. The van der Waals surface area contributed by atoms with Crippen LogP contribution < -0.4 is 0 Å². The van der Waals surface area contributed by atoms with Crippen molar-refractivity contribution in [1.82, 2.24) is 0 Å². The summed E-state index contributed by atoms with van der Waals surface area (Å²) in [6.07, 6.45) is 3.19. The van der Waals surface area contributed by atoms with E-state index in [0.29, 0.717) is 24.5 Å². The van der Waals surface area contributed by atoms with Crippen LogP contribution in [0.3, 0.4) is 0 Å². The fraction of sp³-hybridized carbons (Fsp3) is 0.944. The van der Waals surface area contributed by atoms with Crippen LogP contribution in [-0.2, 0) is 9.22 Å². The zero-order chi connectivity index (χ0) is 18.3. The summed E-state index contributed by atoms with van der Waals surface area (Å²) in [5.74, 6) is 0.679. The summed E-state index contributed by atoms with van der Waals surface area (Å²) in [6.45, 7) is 19.6. The molecule has 1 fully saturated rings. The van der Waals surface area contributed by atoms with E-state index in [1.165, 1.54) is 0 Å². The van der Waals surface area contributed by atoms with Crippen molar-refractivity contribution >= 4 is 22.4 Å². The Morgan fingerprint density at radius 3 is 2.04 bits per heavy atom. The van der Waals surface area contributed by atoms with Crippen molar-refractivity contribution in [3.63, 3.8) is 0 Å². The van der Waals surface area contributed by atoms with Gasteiger partial charge in [0.15, 0.2) is 16.6 Å². The minimum Gasteiger partial charge on any atom is -0.432 e. The van der Waals surface area contributed by atoms with Gasteiger partial charge in [-0.1, -0.05) is 34.6 Å². The maximum atomic E-state index is 12.2. The van der Waals surface area contributed by atoms with Crippen LogP contribution in [-0.4, -0.2) is 33.3 Å². The first kappa shape index (κ1) is 21.1. The molecule has 3 nitrogen and oxygen atoms in total. The average molecular weight is 359 g/mol. The van der Waals surface area contributed by atoms with Gasteiger partial charge < -0.3 is 9.22 Å². The van der Waals surface area contributed by atoms with E-state index in [4.69, 9.17) is 4.43 Å². The Kier molecular flexibility index (Phi) is 6.17. The van der Waals surface area contributed by atoms with Crippen molar-refractivity contribution in [1.29, 1.82) is 0 Å². The summed E-state index contributed by atoms with van der Waals surface area (Å²) in [5, 5.41) is 0.0963. The molecule has 1 N–H and O–H groups in total. The number of Topliss-reactive ketones (excluding diaryl/α,β-unsaturated/α-hetero) is 1. The molecular formula is C18H38O3Si2. The highest BCUT2D eigenvalue weighted by Crippen LogP contribution is 2.45. The molecule has 0 amide bonds. The van der Waals surface area contributed by atoms with Crippen LogP contribution in [0.15, 0.2) is 0 Å². The van der Waals surface area contributed by atoms with Crippen LogP contribution in [0, 0.1) is 5.92 Å². The SMILES string of the molecule is CC(C)(C[C@@H]1CC(=O)C[C@@H](O[Si](C)(C)C(C)(C)C)C1)[Si](C)(C)O. The normalized spacial score (nSPS) is 24.9. The first-order chi connectivity index (χ1) is 10.1. The number of rotatable bonds is 5. The summed E-state index contributed by atoms with van der Waals surface area (Å²) in [6, 6.07) is 0. The van der Waals surface area contributed by atoms with Gasteiger partial charge in [0.2, 0.25) is 0 Å². The highest BCUT2D eigenvalue weighted by Gasteiger charge is 2.44. The third kappa shape index (κ3) is 5.51. The van der Waals surface area contributed by atoms with Gasteiger partial charge in [-0.15, -0.1) is 0 Å². The van der Waals surface area contributed by atoms with Crippen molar-refractivity contribution in [3.8, 4) is 0 Å². The molecule has 1 saturated carbocycles. The van der Waals surface area contributed by atoms with E-state index in [1.54, 1.807) is 0 Å². The lowest BCUT2D eigenvalue weighted by Gasteiger charge is -2.43. The molecule has 1 aliphatic carbocycles. The maximum absolute atomic E-state index is 12.2. The molecule has 5 heteroatoms. The summed E-state index contributed by atoms with van der Waals surface area (Å²) >= 11 is 0. The first-order valence-corrected chi connectivity index (χ1v) is 14.8. The average Bonchev–Trinajstić information content (AvgIpc) is 2.22. The summed E-state index contributed by atoms with van der Waals surface area (Å²) < 4.78 is 6.51. The van der Waals surface area contributed by atoms with E-state index in [2.05, 4.69) is 47.7 Å². The molecule has 0 spiro atoms. The Balaban J connectivity index is 2.79. The van der Waals surface area contributed by atoms with Crippen LogP contribution >= 0.6 is 0 Å². The number of carbonyl (C=O) groups excluding carboxylic acids is 1. The summed E-state index contributed by atoms with van der Waals surface area (Å²) in [5.41, 5.74) is 0. The largest absolute Gasteiger partial charge is 0.432 e. The van der Waals surface area contributed by atoms with Crippen LogP contribution in [0.4, 0.5) is 0 Å². The molecular weight excluding hydrogens is 320 g/mol. The predicted octanol–water partition coefficient (Wildman–Crippen LogP) is 5.11. The van der Waals surface area contributed by atoms with Gasteiger partial charge >= 0.3 is 0 Å². The van der Waals surface area contributed by atoms with Gasteiger partial charge in [-0.3, -0.25) is 4.79 Å². The standard InChI is InChI=1S/C18H38O3Si2/c1-17(2,3)23(8,9)21-16-11-14(10-15(19)12-16)13-18(4,5)22(6,7)20/h14,16,20H,10-13H2,1-9H3/t14-,16+/m1/s1. The number of hydrogen-bond donors (Lipinski definition) is 1. The molecule has 0 saturated heterocycles. The van der Waals surface area contributed by atoms with Crippen molar-refractivity contribution in [2.45, 2.75) is 103 Å². The van der Waals surface area contributed by atoms with E-state index in [1.807, 2.05) is 13.1 Å². The third-order valence-corrected chi connectivity index (χ3v) is 14.3. The van der Waals surface area contributed by atoms with Gasteiger partial charge in [0.05, 0.1) is 6.10 Å².